The van der Waals surface area contributed by atoms with Crippen molar-refractivity contribution in [2.75, 3.05) is 0 Å². The quantitative estimate of drug-likeness (QED) is 0.490. The molecule has 2 aromatic rings. The van der Waals surface area contributed by atoms with Crippen molar-refractivity contribution in [2.24, 2.45) is 11.8 Å². The topological polar surface area (TPSA) is 106 Å². The summed E-state index contributed by atoms with van der Waals surface area (Å²) in [6, 6.07) is 8.17. The van der Waals surface area contributed by atoms with Crippen LogP contribution in [-0.4, -0.2) is 28.2 Å². The average molecular weight is 435 g/mol. The highest BCUT2D eigenvalue weighted by atomic mass is 32.1. The molecule has 164 valence electrons. The van der Waals surface area contributed by atoms with Gasteiger partial charge in [-0.2, -0.15) is 4.98 Å². The number of carbonyl (C=O) groups is 2. The second kappa shape index (κ2) is 11.6. The number of nitrogens with one attached hydrogen (secondary N) is 2. The number of benzene rings is 1. The van der Waals surface area contributed by atoms with E-state index in [0.29, 0.717) is 18.7 Å². The van der Waals surface area contributed by atoms with Crippen LogP contribution in [-0.2, 0) is 16.1 Å². The Labute approximate surface area is 182 Å². The van der Waals surface area contributed by atoms with Crippen LogP contribution in [0.4, 0.5) is 4.79 Å². The molecule has 0 bridgehead atoms. The summed E-state index contributed by atoms with van der Waals surface area (Å²) in [5, 5.41) is 9.63. The summed E-state index contributed by atoms with van der Waals surface area (Å²) in [6.45, 7) is 8.16. The fourth-order valence-corrected chi connectivity index (χ4v) is 3.09. The Kier molecular flexibility index (Phi) is 9.16. The second-order valence-electron chi connectivity index (χ2n) is 8.01. The van der Waals surface area contributed by atoms with E-state index in [1.165, 1.54) is 0 Å². The highest BCUT2D eigenvalue weighted by Gasteiger charge is 2.28. The van der Waals surface area contributed by atoms with E-state index in [1.807, 2.05) is 58.0 Å². The molecule has 0 aliphatic rings. The summed E-state index contributed by atoms with van der Waals surface area (Å²) in [5.74, 6) is 0.506. The smallest absolute Gasteiger partial charge is 0.408 e. The zero-order chi connectivity index (χ0) is 22.1. The molecule has 2 amide bonds. The highest BCUT2D eigenvalue weighted by Crippen LogP contribution is 2.20. The first-order valence-corrected chi connectivity index (χ1v) is 10.5. The SMILES string of the molecule is CC(C)C[C@H](NC(=O)OCc1ccccc1)C(=O)N[C@@H](CC(C)C)c1noc(S)n1. The predicted molar refractivity (Wildman–Crippen MR) is 115 cm³/mol. The molecular formula is C21H30N4O4S. The molecule has 0 saturated heterocycles. The first kappa shape index (κ1) is 23.7. The minimum atomic E-state index is -0.745. The number of amides is 2. The number of rotatable bonds is 10. The lowest BCUT2D eigenvalue weighted by Gasteiger charge is -2.23. The molecule has 1 aromatic carbocycles. The normalized spacial score (nSPS) is 13.2. The lowest BCUT2D eigenvalue weighted by molar-refractivity contribution is -0.124. The van der Waals surface area contributed by atoms with Crippen LogP contribution in [0, 0.1) is 11.8 Å². The van der Waals surface area contributed by atoms with Crippen LogP contribution in [0.25, 0.3) is 0 Å². The fourth-order valence-electron chi connectivity index (χ4n) is 2.95. The van der Waals surface area contributed by atoms with E-state index in [2.05, 4.69) is 33.4 Å². The monoisotopic (exact) mass is 434 g/mol. The standard InChI is InChI=1S/C21H30N4O4S/c1-13(2)10-16(18-24-21(30)29-25-18)22-19(26)17(11-14(3)4)23-20(27)28-12-15-8-6-5-7-9-15/h5-9,13-14,16-17H,10-12H2,1-4H3,(H,22,26)(H,23,27)(H,24,25,30)/t16-,17-/m0/s1. The van der Waals surface area contributed by atoms with E-state index in [1.54, 1.807) is 0 Å². The number of nitrogens with zero attached hydrogens (tertiary/aromatic N) is 2. The fraction of sp³-hybridized carbons (Fsp3) is 0.524. The largest absolute Gasteiger partial charge is 0.445 e. The van der Waals surface area contributed by atoms with Crippen LogP contribution < -0.4 is 10.6 Å². The predicted octanol–water partition coefficient (Wildman–Crippen LogP) is 3.90. The third-order valence-corrected chi connectivity index (χ3v) is 4.48. The van der Waals surface area contributed by atoms with Gasteiger partial charge in [0.1, 0.15) is 12.6 Å². The number of aromatic nitrogens is 2. The van der Waals surface area contributed by atoms with Crippen molar-refractivity contribution in [3.63, 3.8) is 0 Å². The molecule has 1 heterocycles. The van der Waals surface area contributed by atoms with Crippen LogP contribution >= 0.6 is 12.6 Å². The molecule has 0 aliphatic carbocycles. The van der Waals surface area contributed by atoms with Crippen molar-refractivity contribution in [1.29, 1.82) is 0 Å². The number of hydrogen-bond donors (Lipinski definition) is 3. The summed E-state index contributed by atoms with van der Waals surface area (Å²) >= 11 is 4.04. The van der Waals surface area contributed by atoms with Crippen LogP contribution in [0.1, 0.15) is 58.0 Å². The molecule has 9 heteroatoms. The molecule has 30 heavy (non-hydrogen) atoms. The third-order valence-electron chi connectivity index (χ3n) is 4.29. The molecule has 0 saturated carbocycles. The zero-order valence-electron chi connectivity index (χ0n) is 17.8. The average Bonchev–Trinajstić information content (AvgIpc) is 3.12. The lowest BCUT2D eigenvalue weighted by Crippen LogP contribution is -2.48. The van der Waals surface area contributed by atoms with E-state index in [4.69, 9.17) is 9.26 Å². The number of thiol groups is 1. The first-order valence-electron chi connectivity index (χ1n) is 10.0. The van der Waals surface area contributed by atoms with Crippen molar-refractivity contribution in [3.8, 4) is 0 Å². The summed E-state index contributed by atoms with van der Waals surface area (Å²) in [5.41, 5.74) is 0.870. The molecule has 0 unspecified atom stereocenters. The van der Waals surface area contributed by atoms with Gasteiger partial charge in [0.15, 0.2) is 5.82 Å². The van der Waals surface area contributed by atoms with E-state index in [-0.39, 0.29) is 29.6 Å². The van der Waals surface area contributed by atoms with Gasteiger partial charge in [0.05, 0.1) is 6.04 Å². The van der Waals surface area contributed by atoms with Crippen molar-refractivity contribution in [2.45, 2.75) is 64.4 Å². The van der Waals surface area contributed by atoms with Crippen molar-refractivity contribution in [3.05, 3.63) is 41.7 Å². The van der Waals surface area contributed by atoms with Crippen LogP contribution in [0.15, 0.2) is 40.1 Å². The van der Waals surface area contributed by atoms with Crippen LogP contribution in [0.5, 0.6) is 0 Å². The second-order valence-corrected chi connectivity index (χ2v) is 8.40. The Morgan fingerprint density at radius 2 is 1.73 bits per heavy atom. The molecule has 2 rings (SSSR count). The third kappa shape index (κ3) is 8.06. The summed E-state index contributed by atoms with van der Waals surface area (Å²) in [7, 11) is 0. The molecule has 0 radical (unpaired) electrons. The van der Waals surface area contributed by atoms with Gasteiger partial charge in [-0.25, -0.2) is 4.79 Å². The Bertz CT molecular complexity index is 810. The number of alkyl carbamates (subject to hydrolysis) is 1. The van der Waals surface area contributed by atoms with Crippen molar-refractivity contribution in [1.82, 2.24) is 20.8 Å². The molecule has 1 aromatic heterocycles. The van der Waals surface area contributed by atoms with Gasteiger partial charge in [-0.3, -0.25) is 4.79 Å². The maximum absolute atomic E-state index is 13.0. The van der Waals surface area contributed by atoms with Crippen LogP contribution in [0.3, 0.4) is 0 Å². The van der Waals surface area contributed by atoms with Crippen molar-refractivity contribution >= 4 is 24.6 Å². The van der Waals surface area contributed by atoms with Gasteiger partial charge in [-0.1, -0.05) is 75.8 Å². The Morgan fingerprint density at radius 3 is 2.30 bits per heavy atom. The maximum atomic E-state index is 13.0. The number of carbonyl (C=O) groups excluding carboxylic acids is 2. The van der Waals surface area contributed by atoms with Gasteiger partial charge in [-0.15, -0.1) is 0 Å². The van der Waals surface area contributed by atoms with E-state index >= 15 is 0 Å². The van der Waals surface area contributed by atoms with Gasteiger partial charge in [0.25, 0.3) is 5.22 Å². The molecule has 0 aliphatic heterocycles. The Morgan fingerprint density at radius 1 is 1.07 bits per heavy atom. The minimum absolute atomic E-state index is 0.131. The van der Waals surface area contributed by atoms with Gasteiger partial charge in [-0.05, 0) is 30.2 Å². The molecular weight excluding hydrogens is 404 g/mol. The molecule has 0 spiro atoms. The maximum Gasteiger partial charge on any atom is 0.408 e. The van der Waals surface area contributed by atoms with Gasteiger partial charge >= 0.3 is 6.09 Å². The van der Waals surface area contributed by atoms with E-state index < -0.39 is 18.2 Å². The highest BCUT2D eigenvalue weighted by molar-refractivity contribution is 7.80. The van der Waals surface area contributed by atoms with Gasteiger partial charge in [0.2, 0.25) is 5.91 Å². The summed E-state index contributed by atoms with van der Waals surface area (Å²) < 4.78 is 10.2. The lowest BCUT2D eigenvalue weighted by atomic mass is 10.0. The summed E-state index contributed by atoms with van der Waals surface area (Å²) in [4.78, 5) is 29.4. The zero-order valence-corrected chi connectivity index (χ0v) is 18.7. The van der Waals surface area contributed by atoms with E-state index in [9.17, 15) is 9.59 Å². The van der Waals surface area contributed by atoms with Crippen LogP contribution in [0.2, 0.25) is 0 Å². The molecule has 2 atom stereocenters. The minimum Gasteiger partial charge on any atom is -0.445 e. The summed E-state index contributed by atoms with van der Waals surface area (Å²) in [6.07, 6.45) is 0.438. The Hall–Kier alpha value is -2.55. The van der Waals surface area contributed by atoms with E-state index in [0.717, 1.165) is 5.56 Å². The van der Waals surface area contributed by atoms with Gasteiger partial charge < -0.3 is 19.9 Å². The first-order chi connectivity index (χ1) is 14.2. The number of ether oxygens (including phenoxy) is 1. The molecule has 8 nitrogen and oxygen atoms in total. The van der Waals surface area contributed by atoms with Gasteiger partial charge in [0, 0.05) is 0 Å². The molecule has 0 fully saturated rings. The molecule has 2 N–H and O–H groups in total. The van der Waals surface area contributed by atoms with Crippen molar-refractivity contribution < 1.29 is 18.8 Å². The Balaban J connectivity index is 2.02. The number of hydrogen-bond acceptors (Lipinski definition) is 7.